The molecule has 31 heavy (non-hydrogen) atoms. The first-order valence-corrected chi connectivity index (χ1v) is 12.4. The van der Waals surface area contributed by atoms with Crippen LogP contribution in [0.1, 0.15) is 101 Å². The molecule has 0 amide bonds. The maximum Gasteiger partial charge on any atom is -0.0156 e. The van der Waals surface area contributed by atoms with E-state index in [1.807, 2.05) is 0 Å². The highest BCUT2D eigenvalue weighted by Gasteiger charge is 2.18. The molecule has 0 saturated heterocycles. The molecule has 3 radical (unpaired) electrons. The summed E-state index contributed by atoms with van der Waals surface area (Å²) in [5.41, 5.74) is 11.3. The third-order valence-corrected chi connectivity index (χ3v) is 7.01. The second-order valence-corrected chi connectivity index (χ2v) is 10.6. The van der Waals surface area contributed by atoms with Gasteiger partial charge in [-0.2, -0.15) is 0 Å². The van der Waals surface area contributed by atoms with Gasteiger partial charge in [0.1, 0.15) is 0 Å². The average molecular weight is 425 g/mol. The maximum atomic E-state index is 3.11. The lowest BCUT2D eigenvalue weighted by atomic mass is 9.82. The van der Waals surface area contributed by atoms with Crippen LogP contribution >= 0.6 is 0 Å². The van der Waals surface area contributed by atoms with Gasteiger partial charge in [0.05, 0.1) is 0 Å². The molecule has 3 aromatic carbocycles. The molecule has 0 saturated carbocycles. The lowest BCUT2D eigenvalue weighted by Crippen LogP contribution is -2.15. The van der Waals surface area contributed by atoms with Crippen LogP contribution in [0.25, 0.3) is 22.3 Å². The summed E-state index contributed by atoms with van der Waals surface area (Å²) in [6.07, 6.45) is 0. The minimum Gasteiger partial charge on any atom is -0.523 e. The van der Waals surface area contributed by atoms with E-state index in [9.17, 15) is 0 Å². The van der Waals surface area contributed by atoms with Gasteiger partial charge < -0.3 is 20.7 Å². The van der Waals surface area contributed by atoms with Crippen LogP contribution < -0.4 is 4.43 Å². The molecule has 0 aliphatic rings. The Morgan fingerprint density at radius 2 is 0.710 bits per heavy atom. The van der Waals surface area contributed by atoms with Crippen molar-refractivity contribution in [1.82, 2.24) is 0 Å². The summed E-state index contributed by atoms with van der Waals surface area (Å²) in [5, 5.41) is 0. The van der Waals surface area contributed by atoms with Crippen LogP contribution in [0.4, 0.5) is 0 Å². The van der Waals surface area contributed by atoms with E-state index in [4.69, 9.17) is 0 Å². The zero-order chi connectivity index (χ0) is 22.9. The Morgan fingerprint density at radius 1 is 0.452 bits per heavy atom. The summed E-state index contributed by atoms with van der Waals surface area (Å²) >= 11 is 3.11. The second-order valence-electron chi connectivity index (χ2n) is 10.0. The van der Waals surface area contributed by atoms with Crippen molar-refractivity contribution in [2.75, 3.05) is 0 Å². The Kier molecular flexibility index (Phi) is 7.52. The number of hydrogen-bond acceptors (Lipinski definition) is 0. The molecule has 3 rings (SSSR count). The zero-order valence-electron chi connectivity index (χ0n) is 20.6. The van der Waals surface area contributed by atoms with E-state index in [0.717, 1.165) is 0 Å². The fourth-order valence-electron chi connectivity index (χ4n) is 4.73. The molecular weight excluding hydrogens is 387 g/mol. The largest absolute Gasteiger partial charge is 0.523 e. The normalized spacial score (nSPS) is 11.9. The monoisotopic (exact) mass is 424 g/mol. The Balaban J connectivity index is 2.38. The van der Waals surface area contributed by atoms with Crippen molar-refractivity contribution < 1.29 is 0 Å². The molecule has 0 aliphatic carbocycles. The van der Waals surface area contributed by atoms with Crippen molar-refractivity contribution in [2.24, 2.45) is 0 Å². The number of hydrogen-bond donors (Lipinski definition) is 0. The lowest BCUT2D eigenvalue weighted by Gasteiger charge is -2.30. The molecular formula is C30H37Al-. The summed E-state index contributed by atoms with van der Waals surface area (Å²) in [6, 6.07) is 20.6. The molecule has 0 atom stereocenters. The Bertz CT molecular complexity index is 920. The summed E-state index contributed by atoms with van der Waals surface area (Å²) in [5.74, 6) is 1.93. The standard InChI is InChI=1S/C30H37.Al/c1-19(2)25-14-10-15-26(20(3)4)29(25)23-12-9-13-24(18-23)30-27(21(5)6)16-11-17-28(30)22(7)8;/h9-17,19-22H,1-8H3;/q;-1. The summed E-state index contributed by atoms with van der Waals surface area (Å²) < 4.78 is 1.31. The zero-order valence-corrected chi connectivity index (χ0v) is 21.7. The summed E-state index contributed by atoms with van der Waals surface area (Å²) in [7, 11) is 0. The molecule has 0 fully saturated rings. The van der Waals surface area contributed by atoms with E-state index in [1.54, 1.807) is 0 Å². The number of rotatable bonds is 6. The SMILES string of the molecule is CC(C)c1cccc(C(C)C)c1-c1cccc(-c2c(C(C)C)cccc2C(C)C)[c]1[Al-]. The second kappa shape index (κ2) is 9.77. The molecule has 0 heterocycles. The van der Waals surface area contributed by atoms with Gasteiger partial charge in [-0.05, 0) is 57.1 Å². The van der Waals surface area contributed by atoms with E-state index in [-0.39, 0.29) is 0 Å². The highest BCUT2D eigenvalue weighted by molar-refractivity contribution is 6.39. The Labute approximate surface area is 198 Å². The van der Waals surface area contributed by atoms with E-state index in [1.165, 1.54) is 48.9 Å². The predicted molar refractivity (Wildman–Crippen MR) is 139 cm³/mol. The van der Waals surface area contributed by atoms with Crippen LogP contribution in [-0.4, -0.2) is 16.3 Å². The molecule has 0 aromatic heterocycles. The molecule has 0 nitrogen and oxygen atoms in total. The van der Waals surface area contributed by atoms with Gasteiger partial charge in [0.25, 0.3) is 0 Å². The minimum atomic E-state index is 0.482. The van der Waals surface area contributed by atoms with Gasteiger partial charge in [-0.25, -0.2) is 0 Å². The van der Waals surface area contributed by atoms with Gasteiger partial charge in [-0.15, -0.1) is 0 Å². The molecule has 1 heteroatoms. The molecule has 3 aromatic rings. The van der Waals surface area contributed by atoms with E-state index < -0.39 is 0 Å². The van der Waals surface area contributed by atoms with Crippen LogP contribution in [0.5, 0.6) is 0 Å². The van der Waals surface area contributed by atoms with E-state index in [0.29, 0.717) is 23.7 Å². The molecule has 0 bridgehead atoms. The first kappa shape index (κ1) is 23.8. The van der Waals surface area contributed by atoms with Crippen molar-refractivity contribution in [3.63, 3.8) is 0 Å². The fourth-order valence-corrected chi connectivity index (χ4v) is 5.21. The fraction of sp³-hybridized carbons (Fsp3) is 0.400. The summed E-state index contributed by atoms with van der Waals surface area (Å²) in [4.78, 5) is 0. The molecule has 0 N–H and O–H groups in total. The first-order chi connectivity index (χ1) is 14.6. The summed E-state index contributed by atoms with van der Waals surface area (Å²) in [6.45, 7) is 18.4. The average Bonchev–Trinajstić information content (AvgIpc) is 2.72. The third-order valence-electron chi connectivity index (χ3n) is 6.39. The molecule has 0 spiro atoms. The van der Waals surface area contributed by atoms with Crippen molar-refractivity contribution in [1.29, 1.82) is 0 Å². The van der Waals surface area contributed by atoms with Gasteiger partial charge in [0, 0.05) is 0 Å². The topological polar surface area (TPSA) is 0 Å². The van der Waals surface area contributed by atoms with E-state index in [2.05, 4.69) is 126 Å². The molecule has 0 unspecified atom stereocenters. The number of benzene rings is 3. The quantitative estimate of drug-likeness (QED) is 0.349. The van der Waals surface area contributed by atoms with Gasteiger partial charge in [0.15, 0.2) is 0 Å². The van der Waals surface area contributed by atoms with Crippen LogP contribution in [0.3, 0.4) is 0 Å². The minimum absolute atomic E-state index is 0.482. The Hall–Kier alpha value is -1.81. The van der Waals surface area contributed by atoms with Crippen LogP contribution in [0, 0.1) is 0 Å². The van der Waals surface area contributed by atoms with Gasteiger partial charge in [-0.1, -0.05) is 121 Å². The van der Waals surface area contributed by atoms with Gasteiger partial charge >= 0.3 is 0 Å². The molecule has 161 valence electrons. The van der Waals surface area contributed by atoms with Gasteiger partial charge in [0.2, 0.25) is 0 Å². The van der Waals surface area contributed by atoms with E-state index >= 15 is 0 Å². The van der Waals surface area contributed by atoms with Crippen molar-refractivity contribution in [3.05, 3.63) is 76.9 Å². The first-order valence-electron chi connectivity index (χ1n) is 11.8. The highest BCUT2D eigenvalue weighted by atomic mass is 27.0. The van der Waals surface area contributed by atoms with Crippen molar-refractivity contribution in [3.8, 4) is 22.3 Å². The van der Waals surface area contributed by atoms with Crippen LogP contribution in [0.2, 0.25) is 0 Å². The van der Waals surface area contributed by atoms with Crippen molar-refractivity contribution >= 4 is 20.7 Å². The van der Waals surface area contributed by atoms with Crippen molar-refractivity contribution in [2.45, 2.75) is 79.1 Å². The molecule has 0 aliphatic heterocycles. The predicted octanol–water partition coefficient (Wildman–Crippen LogP) is 8.31. The third kappa shape index (κ3) is 4.69. The maximum absolute atomic E-state index is 3.11. The smallest absolute Gasteiger partial charge is 0.0156 e. The van der Waals surface area contributed by atoms with Crippen LogP contribution in [0.15, 0.2) is 54.6 Å². The highest BCUT2D eigenvalue weighted by Crippen LogP contribution is 2.39. The van der Waals surface area contributed by atoms with Crippen LogP contribution in [-0.2, 0) is 0 Å². The lowest BCUT2D eigenvalue weighted by molar-refractivity contribution is 0.837. The van der Waals surface area contributed by atoms with Gasteiger partial charge in [-0.3, -0.25) is 0 Å². The Morgan fingerprint density at radius 3 is 0.968 bits per heavy atom.